The van der Waals surface area contributed by atoms with E-state index in [9.17, 15) is 18.4 Å². The highest BCUT2D eigenvalue weighted by Gasteiger charge is 2.14. The van der Waals surface area contributed by atoms with E-state index in [4.69, 9.17) is 0 Å². The van der Waals surface area contributed by atoms with E-state index < -0.39 is 11.7 Å². The Morgan fingerprint density at radius 1 is 1.29 bits per heavy atom. The van der Waals surface area contributed by atoms with Crippen LogP contribution in [0.1, 0.15) is 30.3 Å². The van der Waals surface area contributed by atoms with Crippen molar-refractivity contribution in [2.24, 2.45) is 0 Å². The molecule has 0 saturated heterocycles. The van der Waals surface area contributed by atoms with E-state index in [2.05, 4.69) is 10.4 Å². The van der Waals surface area contributed by atoms with Crippen LogP contribution in [0.5, 0.6) is 0 Å². The molecular weight excluding hydrogens is 336 g/mol. The van der Waals surface area contributed by atoms with Gasteiger partial charge in [0.05, 0.1) is 5.69 Å². The van der Waals surface area contributed by atoms with Crippen LogP contribution in [0, 0.1) is 0 Å². The standard InChI is InChI=1S/C16H17F2N3O2S/c1-2-3-10-21-14(22)9-8-12(20-21)15(23)19-11-6-4-5-7-13(11)24-16(17)18/h4-9,16H,2-3,10H2,1H3,(H,19,23). The summed E-state index contributed by atoms with van der Waals surface area (Å²) in [5.41, 5.74) is 0.0529. The van der Waals surface area contributed by atoms with Gasteiger partial charge < -0.3 is 5.32 Å². The van der Waals surface area contributed by atoms with E-state index in [0.717, 1.165) is 12.8 Å². The minimum absolute atomic E-state index is 0.0579. The Morgan fingerprint density at radius 3 is 2.75 bits per heavy atom. The Labute approximate surface area is 142 Å². The van der Waals surface area contributed by atoms with Gasteiger partial charge in [0.25, 0.3) is 17.2 Å². The summed E-state index contributed by atoms with van der Waals surface area (Å²) in [6.07, 6.45) is 1.66. The zero-order valence-corrected chi connectivity index (χ0v) is 13.9. The number of rotatable bonds is 7. The van der Waals surface area contributed by atoms with Crippen LogP contribution in [0.3, 0.4) is 0 Å². The Kier molecular flexibility index (Phi) is 6.48. The number of alkyl halides is 2. The number of nitrogens with one attached hydrogen (secondary N) is 1. The number of benzene rings is 1. The van der Waals surface area contributed by atoms with Crippen molar-refractivity contribution in [3.8, 4) is 0 Å². The van der Waals surface area contributed by atoms with Crippen molar-refractivity contribution in [3.05, 3.63) is 52.4 Å². The maximum Gasteiger partial charge on any atom is 0.288 e. The summed E-state index contributed by atoms with van der Waals surface area (Å²) >= 11 is 0.355. The third-order valence-corrected chi connectivity index (χ3v) is 3.96. The molecule has 0 saturated carbocycles. The van der Waals surface area contributed by atoms with Gasteiger partial charge in [0.15, 0.2) is 0 Å². The van der Waals surface area contributed by atoms with E-state index in [1.54, 1.807) is 12.1 Å². The highest BCUT2D eigenvalue weighted by atomic mass is 32.2. The van der Waals surface area contributed by atoms with Gasteiger partial charge in [-0.3, -0.25) is 9.59 Å². The number of carbonyl (C=O) groups is 1. The smallest absolute Gasteiger partial charge is 0.288 e. The zero-order valence-electron chi connectivity index (χ0n) is 13.0. The first-order chi connectivity index (χ1) is 11.5. The first-order valence-corrected chi connectivity index (χ1v) is 8.32. The lowest BCUT2D eigenvalue weighted by Crippen LogP contribution is -2.26. The molecule has 0 radical (unpaired) electrons. The average Bonchev–Trinajstić information content (AvgIpc) is 2.55. The SMILES string of the molecule is CCCCn1nc(C(=O)Nc2ccccc2SC(F)F)ccc1=O. The van der Waals surface area contributed by atoms with Gasteiger partial charge in [-0.1, -0.05) is 37.2 Å². The summed E-state index contributed by atoms with van der Waals surface area (Å²) in [6, 6.07) is 8.89. The lowest BCUT2D eigenvalue weighted by atomic mass is 10.3. The Hall–Kier alpha value is -2.22. The van der Waals surface area contributed by atoms with E-state index >= 15 is 0 Å². The molecule has 1 aromatic heterocycles. The summed E-state index contributed by atoms with van der Waals surface area (Å²) in [5, 5.41) is 6.60. The van der Waals surface area contributed by atoms with Crippen molar-refractivity contribution in [2.45, 2.75) is 37.0 Å². The summed E-state index contributed by atoms with van der Waals surface area (Å²) in [4.78, 5) is 24.3. The number of aromatic nitrogens is 2. The van der Waals surface area contributed by atoms with Crippen molar-refractivity contribution in [2.75, 3.05) is 5.32 Å². The molecule has 24 heavy (non-hydrogen) atoms. The lowest BCUT2D eigenvalue weighted by Gasteiger charge is -2.11. The Morgan fingerprint density at radius 2 is 2.04 bits per heavy atom. The van der Waals surface area contributed by atoms with Crippen molar-refractivity contribution in [1.29, 1.82) is 0 Å². The predicted octanol–water partition coefficient (Wildman–Crippen LogP) is 3.61. The molecule has 0 unspecified atom stereocenters. The number of thioether (sulfide) groups is 1. The quantitative estimate of drug-likeness (QED) is 0.773. The normalized spacial score (nSPS) is 10.8. The molecular formula is C16H17F2N3O2S. The number of halogens is 2. The molecule has 2 rings (SSSR count). The van der Waals surface area contributed by atoms with E-state index in [0.29, 0.717) is 18.3 Å². The van der Waals surface area contributed by atoms with Crippen LogP contribution in [0.15, 0.2) is 46.1 Å². The van der Waals surface area contributed by atoms with Crippen LogP contribution in [0.2, 0.25) is 0 Å². The number of carbonyl (C=O) groups excluding carboxylic acids is 1. The van der Waals surface area contributed by atoms with Crippen LogP contribution in [-0.2, 0) is 6.54 Å². The van der Waals surface area contributed by atoms with Crippen LogP contribution in [0.25, 0.3) is 0 Å². The maximum absolute atomic E-state index is 12.6. The third-order valence-electron chi connectivity index (χ3n) is 3.17. The Balaban J connectivity index is 2.20. The van der Waals surface area contributed by atoms with E-state index in [1.165, 1.54) is 28.9 Å². The highest BCUT2D eigenvalue weighted by Crippen LogP contribution is 2.31. The Bertz CT molecular complexity index is 765. The third kappa shape index (κ3) is 4.89. The second-order valence-electron chi connectivity index (χ2n) is 4.96. The van der Waals surface area contributed by atoms with Gasteiger partial charge in [-0.2, -0.15) is 13.9 Å². The fraction of sp³-hybridized carbons (Fsp3) is 0.312. The van der Waals surface area contributed by atoms with Gasteiger partial charge >= 0.3 is 0 Å². The minimum Gasteiger partial charge on any atom is -0.320 e. The molecule has 1 N–H and O–H groups in total. The monoisotopic (exact) mass is 353 g/mol. The topological polar surface area (TPSA) is 64.0 Å². The number of aryl methyl sites for hydroxylation is 1. The molecule has 2 aromatic rings. The second kappa shape index (κ2) is 8.58. The number of hydrogen-bond acceptors (Lipinski definition) is 4. The van der Waals surface area contributed by atoms with E-state index in [1.807, 2.05) is 6.92 Å². The summed E-state index contributed by atoms with van der Waals surface area (Å²) in [6.45, 7) is 2.41. The molecule has 0 spiro atoms. The van der Waals surface area contributed by atoms with Gasteiger partial charge in [-0.05, 0) is 24.6 Å². The number of nitrogens with zero attached hydrogens (tertiary/aromatic N) is 2. The fourth-order valence-corrected chi connectivity index (χ4v) is 2.59. The minimum atomic E-state index is -2.59. The number of para-hydroxylation sites is 1. The first-order valence-electron chi connectivity index (χ1n) is 7.44. The van der Waals surface area contributed by atoms with Crippen LogP contribution in [0.4, 0.5) is 14.5 Å². The summed E-state index contributed by atoms with van der Waals surface area (Å²) in [5.74, 6) is -3.14. The van der Waals surface area contributed by atoms with Crippen LogP contribution < -0.4 is 10.9 Å². The number of hydrogen-bond donors (Lipinski definition) is 1. The fourth-order valence-electron chi connectivity index (χ4n) is 1.99. The number of unbranched alkanes of at least 4 members (excludes halogenated alkanes) is 1. The molecule has 1 aromatic carbocycles. The van der Waals surface area contributed by atoms with E-state index in [-0.39, 0.29) is 21.8 Å². The van der Waals surface area contributed by atoms with Gasteiger partial charge in [0, 0.05) is 17.5 Å². The molecule has 0 aliphatic heterocycles. The molecule has 128 valence electrons. The highest BCUT2D eigenvalue weighted by molar-refractivity contribution is 7.99. The van der Waals surface area contributed by atoms with Crippen LogP contribution >= 0.6 is 11.8 Å². The summed E-state index contributed by atoms with van der Waals surface area (Å²) < 4.78 is 26.4. The van der Waals surface area contributed by atoms with Crippen molar-refractivity contribution < 1.29 is 13.6 Å². The van der Waals surface area contributed by atoms with Crippen molar-refractivity contribution >= 4 is 23.4 Å². The number of amides is 1. The summed E-state index contributed by atoms with van der Waals surface area (Å²) in [7, 11) is 0. The van der Waals surface area contributed by atoms with Gasteiger partial charge in [-0.25, -0.2) is 4.68 Å². The molecule has 0 fully saturated rings. The molecule has 0 bridgehead atoms. The first kappa shape index (κ1) is 18.1. The van der Waals surface area contributed by atoms with Crippen molar-refractivity contribution in [3.63, 3.8) is 0 Å². The molecule has 5 nitrogen and oxygen atoms in total. The molecule has 0 aliphatic rings. The largest absolute Gasteiger partial charge is 0.320 e. The zero-order chi connectivity index (χ0) is 17.5. The van der Waals surface area contributed by atoms with Gasteiger partial charge in [-0.15, -0.1) is 0 Å². The molecule has 8 heteroatoms. The van der Waals surface area contributed by atoms with Gasteiger partial charge in [0.2, 0.25) is 0 Å². The predicted molar refractivity (Wildman–Crippen MR) is 89.7 cm³/mol. The second-order valence-corrected chi connectivity index (χ2v) is 5.99. The molecule has 0 aliphatic carbocycles. The van der Waals surface area contributed by atoms with Crippen molar-refractivity contribution in [1.82, 2.24) is 9.78 Å². The molecule has 0 atom stereocenters. The average molecular weight is 353 g/mol. The van der Waals surface area contributed by atoms with Gasteiger partial charge in [0.1, 0.15) is 5.69 Å². The molecule has 1 heterocycles. The van der Waals surface area contributed by atoms with Crippen LogP contribution in [-0.4, -0.2) is 21.4 Å². The molecule has 1 amide bonds. The number of anilines is 1. The maximum atomic E-state index is 12.6. The lowest BCUT2D eigenvalue weighted by molar-refractivity contribution is 0.101.